The predicted octanol–water partition coefficient (Wildman–Crippen LogP) is 1.63. The summed E-state index contributed by atoms with van der Waals surface area (Å²) >= 11 is 0. The van der Waals surface area contributed by atoms with E-state index in [1.54, 1.807) is 6.07 Å². The number of carbonyl (C=O) groups excluding carboxylic acids is 4. The summed E-state index contributed by atoms with van der Waals surface area (Å²) in [4.78, 5) is 52.7. The van der Waals surface area contributed by atoms with Gasteiger partial charge < -0.3 is 24.8 Å². The number of rotatable bonds is 16. The van der Waals surface area contributed by atoms with Crippen LogP contribution in [0.5, 0.6) is 5.75 Å². The van der Waals surface area contributed by atoms with E-state index in [0.717, 1.165) is 19.3 Å². The van der Waals surface area contributed by atoms with Gasteiger partial charge in [-0.1, -0.05) is 25.8 Å². The molecule has 0 fully saturated rings. The Kier molecular flexibility index (Phi) is 13.9. The van der Waals surface area contributed by atoms with Gasteiger partial charge in [-0.05, 0) is 30.5 Å². The first kappa shape index (κ1) is 28.9. The van der Waals surface area contributed by atoms with Gasteiger partial charge in [0, 0.05) is 19.4 Å². The molecule has 190 valence electrons. The molecule has 2 amide bonds. The molecule has 3 N–H and O–H groups in total. The minimum Gasteiger partial charge on any atom is -0.481 e. The first-order valence-corrected chi connectivity index (χ1v) is 11.1. The van der Waals surface area contributed by atoms with Gasteiger partial charge in [0.15, 0.2) is 6.61 Å². The standard InChI is InChI=1S/C23H34N2O9/c1-4-5-6-11-24-22(28)18(25-20(26)8-7-12-34-30)14-16-9-10-19(33-15-21(27)31-2)17(13-16)23(29)32-3/h9-10,13,18,30H,4-8,11-12,14-15H2,1-3H3,(H,24,28)(H,25,26)/t18-/m0/s1. The van der Waals surface area contributed by atoms with Crippen LogP contribution in [0, 0.1) is 0 Å². The van der Waals surface area contributed by atoms with Crippen molar-refractivity contribution in [3.63, 3.8) is 0 Å². The first-order valence-electron chi connectivity index (χ1n) is 11.1. The predicted molar refractivity (Wildman–Crippen MR) is 121 cm³/mol. The lowest BCUT2D eigenvalue weighted by molar-refractivity contribution is -0.242. The Morgan fingerprint density at radius 3 is 2.47 bits per heavy atom. The second kappa shape index (κ2) is 16.4. The monoisotopic (exact) mass is 482 g/mol. The van der Waals surface area contributed by atoms with Crippen LogP contribution in [0.15, 0.2) is 18.2 Å². The third kappa shape index (κ3) is 10.6. The van der Waals surface area contributed by atoms with Crippen LogP contribution in [0.1, 0.15) is 54.9 Å². The fourth-order valence-corrected chi connectivity index (χ4v) is 3.01. The Morgan fingerprint density at radius 2 is 1.82 bits per heavy atom. The number of esters is 2. The summed E-state index contributed by atoms with van der Waals surface area (Å²) in [5.41, 5.74) is 0.635. The van der Waals surface area contributed by atoms with E-state index >= 15 is 0 Å². The number of nitrogens with one attached hydrogen (secondary N) is 2. The summed E-state index contributed by atoms with van der Waals surface area (Å²) in [6.07, 6.45) is 3.23. The molecule has 0 bridgehead atoms. The van der Waals surface area contributed by atoms with Gasteiger partial charge in [-0.2, -0.15) is 0 Å². The molecular formula is C23H34N2O9. The van der Waals surface area contributed by atoms with E-state index in [-0.39, 0.29) is 49.0 Å². The zero-order chi connectivity index (χ0) is 25.3. The molecule has 1 atom stereocenters. The molecule has 0 aliphatic heterocycles. The van der Waals surface area contributed by atoms with Crippen LogP contribution in [-0.4, -0.2) is 69.0 Å². The number of amides is 2. The fourth-order valence-electron chi connectivity index (χ4n) is 3.01. The topological polar surface area (TPSA) is 149 Å². The summed E-state index contributed by atoms with van der Waals surface area (Å²) in [7, 11) is 2.43. The molecule has 34 heavy (non-hydrogen) atoms. The summed E-state index contributed by atoms with van der Waals surface area (Å²) in [6.45, 7) is 2.14. The molecule has 0 aliphatic carbocycles. The molecule has 0 aromatic heterocycles. The SMILES string of the molecule is CCCCCNC(=O)[C@H](Cc1ccc(OCC(=O)OC)c(C(=O)OC)c1)NC(=O)CCCOO. The largest absolute Gasteiger partial charge is 0.481 e. The second-order valence-electron chi connectivity index (χ2n) is 7.45. The third-order valence-corrected chi connectivity index (χ3v) is 4.83. The molecule has 1 aromatic rings. The number of ether oxygens (including phenoxy) is 3. The molecular weight excluding hydrogens is 448 g/mol. The van der Waals surface area contributed by atoms with Crippen LogP contribution in [0.2, 0.25) is 0 Å². The normalized spacial score (nSPS) is 11.3. The van der Waals surface area contributed by atoms with Crippen molar-refractivity contribution < 1.29 is 43.5 Å². The van der Waals surface area contributed by atoms with E-state index in [1.807, 2.05) is 0 Å². The smallest absolute Gasteiger partial charge is 0.343 e. The number of hydrogen-bond donors (Lipinski definition) is 3. The second-order valence-corrected chi connectivity index (χ2v) is 7.45. The van der Waals surface area contributed by atoms with E-state index < -0.39 is 24.6 Å². The average Bonchev–Trinajstić information content (AvgIpc) is 2.84. The van der Waals surface area contributed by atoms with Gasteiger partial charge in [-0.3, -0.25) is 14.8 Å². The highest BCUT2D eigenvalue weighted by Gasteiger charge is 2.23. The highest BCUT2D eigenvalue weighted by atomic mass is 17.1. The van der Waals surface area contributed by atoms with Gasteiger partial charge in [0.2, 0.25) is 11.8 Å². The van der Waals surface area contributed by atoms with E-state index in [2.05, 4.69) is 27.2 Å². The highest BCUT2D eigenvalue weighted by Crippen LogP contribution is 2.22. The molecule has 1 aromatic carbocycles. The third-order valence-electron chi connectivity index (χ3n) is 4.83. The summed E-state index contributed by atoms with van der Waals surface area (Å²) < 4.78 is 14.7. The fraction of sp³-hybridized carbons (Fsp3) is 0.565. The zero-order valence-corrected chi connectivity index (χ0v) is 19.9. The molecule has 0 unspecified atom stereocenters. The maximum atomic E-state index is 12.8. The van der Waals surface area contributed by atoms with Gasteiger partial charge >= 0.3 is 11.9 Å². The Bertz CT molecular complexity index is 814. The van der Waals surface area contributed by atoms with Crippen LogP contribution in [-0.2, 0) is 35.2 Å². The minimum absolute atomic E-state index is 0.00315. The molecule has 11 heteroatoms. The number of benzene rings is 1. The number of unbranched alkanes of at least 4 members (excludes halogenated alkanes) is 2. The maximum absolute atomic E-state index is 12.8. The lowest BCUT2D eigenvalue weighted by Crippen LogP contribution is -2.48. The van der Waals surface area contributed by atoms with E-state index in [9.17, 15) is 19.2 Å². The van der Waals surface area contributed by atoms with E-state index in [0.29, 0.717) is 12.1 Å². The van der Waals surface area contributed by atoms with Crippen LogP contribution in [0.25, 0.3) is 0 Å². The van der Waals surface area contributed by atoms with Crippen molar-refractivity contribution >= 4 is 23.8 Å². The highest BCUT2D eigenvalue weighted by molar-refractivity contribution is 5.93. The van der Waals surface area contributed by atoms with Crippen molar-refractivity contribution in [2.24, 2.45) is 0 Å². The first-order chi connectivity index (χ1) is 16.4. The number of methoxy groups -OCH3 is 2. The molecule has 0 heterocycles. The van der Waals surface area contributed by atoms with Crippen LogP contribution in [0.3, 0.4) is 0 Å². The number of carbonyl (C=O) groups is 4. The minimum atomic E-state index is -0.892. The Labute approximate surface area is 199 Å². The molecule has 0 radical (unpaired) electrons. The Balaban J connectivity index is 3.03. The average molecular weight is 483 g/mol. The van der Waals surface area contributed by atoms with Gasteiger partial charge in [-0.25, -0.2) is 14.5 Å². The van der Waals surface area contributed by atoms with E-state index in [1.165, 1.54) is 26.4 Å². The number of hydrogen-bond acceptors (Lipinski definition) is 9. The van der Waals surface area contributed by atoms with Gasteiger partial charge in [0.25, 0.3) is 0 Å². The Hall–Kier alpha value is -3.18. The maximum Gasteiger partial charge on any atom is 0.343 e. The van der Waals surface area contributed by atoms with Crippen LogP contribution in [0.4, 0.5) is 0 Å². The van der Waals surface area contributed by atoms with Gasteiger partial charge in [0.1, 0.15) is 17.4 Å². The van der Waals surface area contributed by atoms with Crippen molar-refractivity contribution in [1.29, 1.82) is 0 Å². The molecule has 0 spiro atoms. The van der Waals surface area contributed by atoms with Gasteiger partial charge in [0.05, 0.1) is 20.8 Å². The summed E-state index contributed by atoms with van der Waals surface area (Å²) in [6, 6.07) is 3.71. The Morgan fingerprint density at radius 1 is 1.06 bits per heavy atom. The molecule has 0 saturated carbocycles. The van der Waals surface area contributed by atoms with Crippen LogP contribution >= 0.6 is 0 Å². The molecule has 0 aliphatic rings. The van der Waals surface area contributed by atoms with Crippen molar-refractivity contribution in [3.05, 3.63) is 29.3 Å². The van der Waals surface area contributed by atoms with Crippen molar-refractivity contribution in [3.8, 4) is 5.75 Å². The quantitative estimate of drug-likeness (QED) is 0.138. The lowest BCUT2D eigenvalue weighted by atomic mass is 10.0. The van der Waals surface area contributed by atoms with Crippen molar-refractivity contribution in [2.75, 3.05) is 34.0 Å². The molecule has 1 rings (SSSR count). The zero-order valence-electron chi connectivity index (χ0n) is 19.9. The van der Waals surface area contributed by atoms with Crippen molar-refractivity contribution in [1.82, 2.24) is 10.6 Å². The molecule has 11 nitrogen and oxygen atoms in total. The van der Waals surface area contributed by atoms with Crippen molar-refractivity contribution in [2.45, 2.75) is 51.5 Å². The lowest BCUT2D eigenvalue weighted by Gasteiger charge is -2.19. The summed E-state index contributed by atoms with van der Waals surface area (Å²) in [5.74, 6) is -1.91. The summed E-state index contributed by atoms with van der Waals surface area (Å²) in [5, 5.41) is 13.9. The van der Waals surface area contributed by atoms with Crippen LogP contribution < -0.4 is 15.4 Å². The molecule has 0 saturated heterocycles. The van der Waals surface area contributed by atoms with E-state index in [4.69, 9.17) is 14.7 Å². The van der Waals surface area contributed by atoms with Gasteiger partial charge in [-0.15, -0.1) is 0 Å².